The summed E-state index contributed by atoms with van der Waals surface area (Å²) in [4.78, 5) is 13.4. The second kappa shape index (κ2) is 6.49. The third kappa shape index (κ3) is 3.90. The maximum absolute atomic E-state index is 11.2. The SMILES string of the molecule is CC(=O)C[C@H]1CCN(Cc2ccccc2)[C@H](C#N)C1. The van der Waals surface area contributed by atoms with Gasteiger partial charge in [0.15, 0.2) is 0 Å². The number of nitriles is 1. The molecule has 0 aliphatic carbocycles. The average Bonchev–Trinajstić information content (AvgIpc) is 2.41. The fourth-order valence-electron chi connectivity index (χ4n) is 2.82. The van der Waals surface area contributed by atoms with Crippen LogP contribution in [-0.2, 0) is 11.3 Å². The topological polar surface area (TPSA) is 44.1 Å². The van der Waals surface area contributed by atoms with Crippen molar-refractivity contribution in [3.8, 4) is 6.07 Å². The lowest BCUT2D eigenvalue weighted by Gasteiger charge is -2.35. The highest BCUT2D eigenvalue weighted by Gasteiger charge is 2.28. The van der Waals surface area contributed by atoms with Crippen molar-refractivity contribution in [3.05, 3.63) is 35.9 Å². The van der Waals surface area contributed by atoms with E-state index in [0.717, 1.165) is 25.9 Å². The van der Waals surface area contributed by atoms with Crippen molar-refractivity contribution < 1.29 is 4.79 Å². The number of carbonyl (C=O) groups excluding carboxylic acids is 1. The molecule has 1 fully saturated rings. The Hall–Kier alpha value is -1.66. The van der Waals surface area contributed by atoms with Crippen molar-refractivity contribution in [2.75, 3.05) is 6.54 Å². The van der Waals surface area contributed by atoms with Crippen molar-refractivity contribution in [2.24, 2.45) is 5.92 Å². The van der Waals surface area contributed by atoms with Crippen LogP contribution >= 0.6 is 0 Å². The number of ketones is 1. The summed E-state index contributed by atoms with van der Waals surface area (Å²) in [6.07, 6.45) is 2.46. The normalized spacial score (nSPS) is 23.8. The van der Waals surface area contributed by atoms with Gasteiger partial charge < -0.3 is 4.79 Å². The Balaban J connectivity index is 1.96. The average molecular weight is 256 g/mol. The number of carbonyl (C=O) groups is 1. The number of piperidine rings is 1. The summed E-state index contributed by atoms with van der Waals surface area (Å²) in [6.45, 7) is 3.37. The Morgan fingerprint density at radius 1 is 1.42 bits per heavy atom. The lowest BCUT2D eigenvalue weighted by atomic mass is 9.87. The molecule has 1 saturated heterocycles. The van der Waals surface area contributed by atoms with Crippen LogP contribution in [0.15, 0.2) is 30.3 Å². The highest BCUT2D eigenvalue weighted by atomic mass is 16.1. The number of benzene rings is 1. The Morgan fingerprint density at radius 2 is 2.16 bits per heavy atom. The van der Waals surface area contributed by atoms with E-state index in [1.807, 2.05) is 18.2 Å². The van der Waals surface area contributed by atoms with Gasteiger partial charge in [0, 0.05) is 19.5 Å². The molecule has 1 aliphatic heterocycles. The van der Waals surface area contributed by atoms with E-state index in [1.54, 1.807) is 6.92 Å². The first kappa shape index (κ1) is 13.8. The summed E-state index contributed by atoms with van der Waals surface area (Å²) in [5, 5.41) is 9.31. The first-order chi connectivity index (χ1) is 9.19. The lowest BCUT2D eigenvalue weighted by Crippen LogP contribution is -2.41. The summed E-state index contributed by atoms with van der Waals surface area (Å²) in [5.74, 6) is 0.618. The van der Waals surface area contributed by atoms with Crippen LogP contribution in [0.5, 0.6) is 0 Å². The van der Waals surface area contributed by atoms with Gasteiger partial charge in [-0.05, 0) is 31.2 Å². The van der Waals surface area contributed by atoms with Gasteiger partial charge in [0.1, 0.15) is 5.78 Å². The highest BCUT2D eigenvalue weighted by molar-refractivity contribution is 5.75. The zero-order valence-electron chi connectivity index (χ0n) is 11.4. The molecule has 2 rings (SSSR count). The largest absolute Gasteiger partial charge is 0.300 e. The molecule has 0 aromatic heterocycles. The quantitative estimate of drug-likeness (QED) is 0.832. The maximum atomic E-state index is 11.2. The van der Waals surface area contributed by atoms with Gasteiger partial charge in [0.25, 0.3) is 0 Å². The Bertz CT molecular complexity index is 463. The second-order valence-electron chi connectivity index (χ2n) is 5.40. The molecule has 19 heavy (non-hydrogen) atoms. The summed E-state index contributed by atoms with van der Waals surface area (Å²) < 4.78 is 0. The van der Waals surface area contributed by atoms with Gasteiger partial charge in [-0.3, -0.25) is 4.90 Å². The van der Waals surface area contributed by atoms with Crippen molar-refractivity contribution in [2.45, 2.75) is 38.8 Å². The Labute approximate surface area is 114 Å². The fourth-order valence-corrected chi connectivity index (χ4v) is 2.82. The van der Waals surface area contributed by atoms with Crippen LogP contribution < -0.4 is 0 Å². The summed E-state index contributed by atoms with van der Waals surface area (Å²) >= 11 is 0. The van der Waals surface area contributed by atoms with E-state index in [-0.39, 0.29) is 11.8 Å². The molecule has 0 saturated carbocycles. The summed E-state index contributed by atoms with van der Waals surface area (Å²) in [7, 11) is 0. The third-order valence-corrected chi connectivity index (χ3v) is 3.78. The van der Waals surface area contributed by atoms with Gasteiger partial charge in [-0.15, -0.1) is 0 Å². The van der Waals surface area contributed by atoms with Crippen LogP contribution in [0.25, 0.3) is 0 Å². The number of nitrogens with zero attached hydrogens (tertiary/aromatic N) is 2. The molecule has 0 N–H and O–H groups in total. The van der Waals surface area contributed by atoms with Crippen molar-refractivity contribution >= 4 is 5.78 Å². The molecule has 3 heteroatoms. The fraction of sp³-hybridized carbons (Fsp3) is 0.500. The molecule has 1 aliphatic rings. The van der Waals surface area contributed by atoms with E-state index < -0.39 is 0 Å². The van der Waals surface area contributed by atoms with Gasteiger partial charge in [-0.1, -0.05) is 30.3 Å². The number of rotatable bonds is 4. The van der Waals surface area contributed by atoms with E-state index in [9.17, 15) is 10.1 Å². The van der Waals surface area contributed by atoms with Crippen LogP contribution in [0.2, 0.25) is 0 Å². The first-order valence-corrected chi connectivity index (χ1v) is 6.86. The number of hydrogen-bond donors (Lipinski definition) is 0. The van der Waals surface area contributed by atoms with Gasteiger partial charge in [-0.2, -0.15) is 5.26 Å². The van der Waals surface area contributed by atoms with Crippen LogP contribution in [0, 0.1) is 17.2 Å². The number of likely N-dealkylation sites (tertiary alicyclic amines) is 1. The molecule has 2 atom stereocenters. The molecular weight excluding hydrogens is 236 g/mol. The van der Waals surface area contributed by atoms with Gasteiger partial charge in [0.2, 0.25) is 0 Å². The number of hydrogen-bond acceptors (Lipinski definition) is 3. The van der Waals surface area contributed by atoms with Crippen LogP contribution in [-0.4, -0.2) is 23.3 Å². The van der Waals surface area contributed by atoms with Gasteiger partial charge in [-0.25, -0.2) is 0 Å². The van der Waals surface area contributed by atoms with E-state index in [2.05, 4.69) is 23.1 Å². The molecule has 1 aromatic rings. The molecule has 100 valence electrons. The van der Waals surface area contributed by atoms with E-state index in [4.69, 9.17) is 0 Å². The zero-order chi connectivity index (χ0) is 13.7. The minimum atomic E-state index is -0.0571. The predicted molar refractivity (Wildman–Crippen MR) is 74.3 cm³/mol. The standard InChI is InChI=1S/C16H20N2O/c1-13(19)9-15-7-8-18(16(10-15)11-17)12-14-5-3-2-4-6-14/h2-6,15-16H,7-10,12H2,1H3/t15-,16+/m1/s1. The molecular formula is C16H20N2O. The molecule has 0 spiro atoms. The van der Waals surface area contributed by atoms with Crippen molar-refractivity contribution in [1.29, 1.82) is 5.26 Å². The highest BCUT2D eigenvalue weighted by Crippen LogP contribution is 2.26. The van der Waals surface area contributed by atoms with Crippen LogP contribution in [0.4, 0.5) is 0 Å². The summed E-state index contributed by atoms with van der Waals surface area (Å²) in [6, 6.07) is 12.6. The molecule has 1 aromatic carbocycles. The second-order valence-corrected chi connectivity index (χ2v) is 5.40. The maximum Gasteiger partial charge on any atom is 0.130 e. The molecule has 0 radical (unpaired) electrons. The molecule has 0 bridgehead atoms. The smallest absolute Gasteiger partial charge is 0.130 e. The Morgan fingerprint density at radius 3 is 2.79 bits per heavy atom. The van der Waals surface area contributed by atoms with E-state index in [0.29, 0.717) is 12.3 Å². The van der Waals surface area contributed by atoms with Crippen molar-refractivity contribution in [1.82, 2.24) is 4.90 Å². The monoisotopic (exact) mass is 256 g/mol. The summed E-state index contributed by atoms with van der Waals surface area (Å²) in [5.41, 5.74) is 1.24. The zero-order valence-corrected chi connectivity index (χ0v) is 11.4. The van der Waals surface area contributed by atoms with Crippen LogP contribution in [0.1, 0.15) is 31.7 Å². The minimum Gasteiger partial charge on any atom is -0.300 e. The number of Topliss-reactive ketones (excluding diaryl/α,β-unsaturated/α-hetero) is 1. The molecule has 0 unspecified atom stereocenters. The van der Waals surface area contributed by atoms with Gasteiger partial charge >= 0.3 is 0 Å². The molecule has 0 amide bonds. The van der Waals surface area contributed by atoms with Crippen molar-refractivity contribution in [3.63, 3.8) is 0 Å². The first-order valence-electron chi connectivity index (χ1n) is 6.86. The van der Waals surface area contributed by atoms with Gasteiger partial charge in [0.05, 0.1) is 12.1 Å². The lowest BCUT2D eigenvalue weighted by molar-refractivity contribution is -0.118. The minimum absolute atomic E-state index is 0.0571. The predicted octanol–water partition coefficient (Wildman–Crippen LogP) is 2.77. The molecule has 1 heterocycles. The third-order valence-electron chi connectivity index (χ3n) is 3.78. The molecule has 3 nitrogen and oxygen atoms in total. The van der Waals surface area contributed by atoms with Crippen LogP contribution in [0.3, 0.4) is 0 Å². The van der Waals surface area contributed by atoms with E-state index in [1.165, 1.54) is 5.56 Å². The Kier molecular flexibility index (Phi) is 4.70. The van der Waals surface area contributed by atoms with E-state index >= 15 is 0 Å².